The van der Waals surface area contributed by atoms with Gasteiger partial charge in [-0.2, -0.15) is 0 Å². The molecule has 1 N–H and O–H groups in total. The van der Waals surface area contributed by atoms with Crippen molar-refractivity contribution in [2.45, 2.75) is 11.7 Å². The van der Waals surface area contributed by atoms with Crippen LogP contribution in [0.1, 0.15) is 5.56 Å². The van der Waals surface area contributed by atoms with Crippen molar-refractivity contribution >= 4 is 17.7 Å². The molecular formula is C24H22N4O2S. The van der Waals surface area contributed by atoms with Crippen LogP contribution in [0, 0.1) is 0 Å². The third kappa shape index (κ3) is 4.95. The Balaban J connectivity index is 1.52. The van der Waals surface area contributed by atoms with E-state index in [0.29, 0.717) is 11.7 Å². The highest BCUT2D eigenvalue weighted by Crippen LogP contribution is 2.28. The van der Waals surface area contributed by atoms with Gasteiger partial charge in [0.15, 0.2) is 11.0 Å². The van der Waals surface area contributed by atoms with Crippen LogP contribution in [0.15, 0.2) is 90.1 Å². The highest BCUT2D eigenvalue weighted by atomic mass is 32.2. The van der Waals surface area contributed by atoms with Gasteiger partial charge in [0.2, 0.25) is 5.91 Å². The Bertz CT molecular complexity index is 1150. The first-order valence-electron chi connectivity index (χ1n) is 9.83. The molecule has 7 heteroatoms. The van der Waals surface area contributed by atoms with Crippen LogP contribution in [0.3, 0.4) is 0 Å². The van der Waals surface area contributed by atoms with Gasteiger partial charge in [0, 0.05) is 24.8 Å². The van der Waals surface area contributed by atoms with E-state index in [2.05, 4.69) is 10.2 Å². The van der Waals surface area contributed by atoms with E-state index in [-0.39, 0.29) is 17.4 Å². The van der Waals surface area contributed by atoms with E-state index in [1.165, 1.54) is 11.8 Å². The highest BCUT2D eigenvalue weighted by Gasteiger charge is 2.18. The van der Waals surface area contributed by atoms with Crippen LogP contribution in [0.5, 0.6) is 5.75 Å². The molecule has 0 saturated heterocycles. The number of hydrogen-bond donors (Lipinski definition) is 1. The van der Waals surface area contributed by atoms with Crippen molar-refractivity contribution in [2.75, 3.05) is 12.8 Å². The standard InChI is InChI=1S/C24H22N4O2S/c1-27(16-18-12-14-21(29)15-13-18)22(30)17-31-24-26-25-23(19-8-4-2-5-9-19)28(24)20-10-6-3-7-11-20/h2-15,29H,16-17H2,1H3. The minimum atomic E-state index is -0.0121. The van der Waals surface area contributed by atoms with Crippen LogP contribution in [-0.4, -0.2) is 43.5 Å². The maximum absolute atomic E-state index is 12.7. The minimum Gasteiger partial charge on any atom is -0.508 e. The summed E-state index contributed by atoms with van der Waals surface area (Å²) >= 11 is 1.36. The summed E-state index contributed by atoms with van der Waals surface area (Å²) in [7, 11) is 1.77. The zero-order valence-corrected chi connectivity index (χ0v) is 17.9. The molecule has 1 amide bonds. The van der Waals surface area contributed by atoms with Gasteiger partial charge in [-0.05, 0) is 29.8 Å². The van der Waals surface area contributed by atoms with Gasteiger partial charge in [0.25, 0.3) is 0 Å². The van der Waals surface area contributed by atoms with Crippen LogP contribution < -0.4 is 0 Å². The summed E-state index contributed by atoms with van der Waals surface area (Å²) in [4.78, 5) is 14.4. The Labute approximate surface area is 185 Å². The number of aromatic nitrogens is 3. The number of rotatable bonds is 7. The van der Waals surface area contributed by atoms with Crippen LogP contribution in [-0.2, 0) is 11.3 Å². The molecule has 0 saturated carbocycles. The molecular weight excluding hydrogens is 408 g/mol. The smallest absolute Gasteiger partial charge is 0.233 e. The van der Waals surface area contributed by atoms with Crippen molar-refractivity contribution in [1.82, 2.24) is 19.7 Å². The number of phenolic OH excluding ortho intramolecular Hbond substituents is 1. The van der Waals surface area contributed by atoms with Gasteiger partial charge in [-0.1, -0.05) is 72.4 Å². The lowest BCUT2D eigenvalue weighted by Gasteiger charge is -2.17. The average molecular weight is 431 g/mol. The van der Waals surface area contributed by atoms with Gasteiger partial charge < -0.3 is 10.0 Å². The predicted octanol–water partition coefficient (Wildman–Crippen LogP) is 4.39. The Morgan fingerprint density at radius 3 is 2.26 bits per heavy atom. The molecule has 0 unspecified atom stereocenters. The van der Waals surface area contributed by atoms with Crippen molar-refractivity contribution in [3.63, 3.8) is 0 Å². The van der Waals surface area contributed by atoms with Gasteiger partial charge in [-0.3, -0.25) is 9.36 Å². The first kappa shape index (κ1) is 20.7. The van der Waals surface area contributed by atoms with E-state index in [9.17, 15) is 9.90 Å². The molecule has 0 aliphatic rings. The number of carbonyl (C=O) groups is 1. The lowest BCUT2D eigenvalue weighted by molar-refractivity contribution is -0.127. The van der Waals surface area contributed by atoms with E-state index < -0.39 is 0 Å². The fourth-order valence-corrected chi connectivity index (χ4v) is 4.04. The number of para-hydroxylation sites is 1. The summed E-state index contributed by atoms with van der Waals surface area (Å²) in [5.41, 5.74) is 2.86. The first-order chi connectivity index (χ1) is 15.1. The third-order valence-corrected chi connectivity index (χ3v) is 5.70. The lowest BCUT2D eigenvalue weighted by atomic mass is 10.2. The summed E-state index contributed by atoms with van der Waals surface area (Å²) in [5.74, 6) is 1.18. The molecule has 156 valence electrons. The van der Waals surface area contributed by atoms with Crippen LogP contribution in [0.4, 0.5) is 0 Å². The number of carbonyl (C=O) groups excluding carboxylic acids is 1. The Kier molecular flexibility index (Phi) is 6.33. The number of thioether (sulfide) groups is 1. The topological polar surface area (TPSA) is 71.2 Å². The van der Waals surface area contributed by atoms with Crippen molar-refractivity contribution in [1.29, 1.82) is 0 Å². The Morgan fingerprint density at radius 1 is 0.935 bits per heavy atom. The average Bonchev–Trinajstić information content (AvgIpc) is 3.24. The van der Waals surface area contributed by atoms with E-state index >= 15 is 0 Å². The van der Waals surface area contributed by atoms with E-state index in [1.54, 1.807) is 24.1 Å². The molecule has 0 radical (unpaired) electrons. The molecule has 0 bridgehead atoms. The summed E-state index contributed by atoms with van der Waals surface area (Å²) in [6, 6.07) is 26.6. The van der Waals surface area contributed by atoms with Gasteiger partial charge >= 0.3 is 0 Å². The molecule has 0 spiro atoms. The second kappa shape index (κ2) is 9.49. The van der Waals surface area contributed by atoms with Crippen molar-refractivity contribution in [2.24, 2.45) is 0 Å². The molecule has 1 aromatic heterocycles. The summed E-state index contributed by atoms with van der Waals surface area (Å²) in [5, 5.41) is 18.9. The number of phenols is 1. The molecule has 6 nitrogen and oxygen atoms in total. The number of nitrogens with zero attached hydrogens (tertiary/aromatic N) is 4. The molecule has 3 aromatic carbocycles. The van der Waals surface area contributed by atoms with Gasteiger partial charge in [0.05, 0.1) is 5.75 Å². The second-order valence-electron chi connectivity index (χ2n) is 7.05. The summed E-state index contributed by atoms with van der Waals surface area (Å²) < 4.78 is 1.98. The zero-order chi connectivity index (χ0) is 21.6. The predicted molar refractivity (Wildman–Crippen MR) is 122 cm³/mol. The van der Waals surface area contributed by atoms with Crippen LogP contribution in [0.25, 0.3) is 17.1 Å². The number of benzene rings is 3. The lowest BCUT2D eigenvalue weighted by Crippen LogP contribution is -2.27. The summed E-state index contributed by atoms with van der Waals surface area (Å²) in [6.07, 6.45) is 0. The number of aromatic hydroxyl groups is 1. The van der Waals surface area contributed by atoms with Gasteiger partial charge in [0.1, 0.15) is 5.75 Å². The normalized spacial score (nSPS) is 10.7. The van der Waals surface area contributed by atoms with Crippen LogP contribution >= 0.6 is 11.8 Å². The SMILES string of the molecule is CN(Cc1ccc(O)cc1)C(=O)CSc1nnc(-c2ccccc2)n1-c1ccccc1. The Hall–Kier alpha value is -3.58. The quantitative estimate of drug-likeness (QED) is 0.440. The van der Waals surface area contributed by atoms with E-state index in [1.807, 2.05) is 77.4 Å². The number of amides is 1. The van der Waals surface area contributed by atoms with Crippen molar-refractivity contribution in [3.05, 3.63) is 90.5 Å². The van der Waals surface area contributed by atoms with Crippen molar-refractivity contribution in [3.8, 4) is 22.8 Å². The van der Waals surface area contributed by atoms with Gasteiger partial charge in [-0.25, -0.2) is 0 Å². The van der Waals surface area contributed by atoms with Crippen molar-refractivity contribution < 1.29 is 9.90 Å². The zero-order valence-electron chi connectivity index (χ0n) is 17.0. The van der Waals surface area contributed by atoms with Crippen LogP contribution in [0.2, 0.25) is 0 Å². The fourth-order valence-electron chi connectivity index (χ4n) is 3.15. The molecule has 0 fully saturated rings. The molecule has 1 heterocycles. The first-order valence-corrected chi connectivity index (χ1v) is 10.8. The largest absolute Gasteiger partial charge is 0.508 e. The highest BCUT2D eigenvalue weighted by molar-refractivity contribution is 7.99. The Morgan fingerprint density at radius 2 is 1.58 bits per heavy atom. The van der Waals surface area contributed by atoms with E-state index in [4.69, 9.17) is 0 Å². The second-order valence-corrected chi connectivity index (χ2v) is 7.99. The van der Waals surface area contributed by atoms with E-state index in [0.717, 1.165) is 22.6 Å². The molecule has 0 atom stereocenters. The number of hydrogen-bond acceptors (Lipinski definition) is 5. The molecule has 4 aromatic rings. The molecule has 0 aliphatic heterocycles. The third-order valence-electron chi connectivity index (χ3n) is 4.79. The molecule has 0 aliphatic carbocycles. The fraction of sp³-hybridized carbons (Fsp3) is 0.125. The monoisotopic (exact) mass is 430 g/mol. The maximum Gasteiger partial charge on any atom is 0.233 e. The molecule has 4 rings (SSSR count). The molecule has 31 heavy (non-hydrogen) atoms. The maximum atomic E-state index is 12.7. The van der Waals surface area contributed by atoms with Gasteiger partial charge in [-0.15, -0.1) is 10.2 Å². The summed E-state index contributed by atoms with van der Waals surface area (Å²) in [6.45, 7) is 0.473. The minimum absolute atomic E-state index is 0.0121.